The molecule has 0 heterocycles. The number of hydrogen-bond acceptors (Lipinski definition) is 1. The summed E-state index contributed by atoms with van der Waals surface area (Å²) >= 11 is 0. The first-order valence-corrected chi connectivity index (χ1v) is 14.7. The SMILES string of the molecule is CCCCCCCCCCCCCCCC[N+](C)(C)Cc1ccccc1.Cl.NCCc1ccccc1.[Cl-]. The fourth-order valence-electron chi connectivity index (χ4n) is 4.70. The van der Waals surface area contributed by atoms with E-state index in [0.717, 1.165) is 24.0 Å². The summed E-state index contributed by atoms with van der Waals surface area (Å²) in [5.41, 5.74) is 8.14. The largest absolute Gasteiger partial charge is 1.00 e. The zero-order chi connectivity index (χ0) is 25.5. The fourth-order valence-corrected chi connectivity index (χ4v) is 4.70. The number of quaternary nitrogens is 1. The van der Waals surface area contributed by atoms with Gasteiger partial charge in [-0.15, -0.1) is 12.4 Å². The highest BCUT2D eigenvalue weighted by molar-refractivity contribution is 5.85. The summed E-state index contributed by atoms with van der Waals surface area (Å²) in [4.78, 5) is 0. The number of halogens is 2. The molecule has 0 aliphatic heterocycles. The van der Waals surface area contributed by atoms with E-state index in [1.807, 2.05) is 18.2 Å². The molecule has 0 aliphatic rings. The lowest BCUT2D eigenvalue weighted by Gasteiger charge is -2.30. The molecule has 0 amide bonds. The van der Waals surface area contributed by atoms with Gasteiger partial charge < -0.3 is 22.6 Å². The van der Waals surface area contributed by atoms with Crippen LogP contribution >= 0.6 is 12.4 Å². The van der Waals surface area contributed by atoms with Gasteiger partial charge in [-0.1, -0.05) is 145 Å². The van der Waals surface area contributed by atoms with Crippen molar-refractivity contribution < 1.29 is 16.9 Å². The zero-order valence-electron chi connectivity index (χ0n) is 24.3. The van der Waals surface area contributed by atoms with E-state index in [2.05, 4.69) is 63.5 Å². The molecule has 4 heteroatoms. The first-order valence-electron chi connectivity index (χ1n) is 14.7. The third-order valence-electron chi connectivity index (χ3n) is 6.85. The van der Waals surface area contributed by atoms with Gasteiger partial charge in [0.05, 0.1) is 20.6 Å². The highest BCUT2D eigenvalue weighted by Gasteiger charge is 2.14. The summed E-state index contributed by atoms with van der Waals surface area (Å²) in [5.74, 6) is 0. The second kappa shape index (κ2) is 26.5. The first-order chi connectivity index (χ1) is 17.1. The van der Waals surface area contributed by atoms with Crippen LogP contribution in [0.3, 0.4) is 0 Å². The van der Waals surface area contributed by atoms with Crippen LogP contribution in [0.5, 0.6) is 0 Å². The summed E-state index contributed by atoms with van der Waals surface area (Å²) in [6.45, 7) is 5.49. The maximum Gasteiger partial charge on any atom is 0.104 e. The molecule has 0 aromatic heterocycles. The van der Waals surface area contributed by atoms with E-state index < -0.39 is 0 Å². The average molecular weight is 554 g/mol. The van der Waals surface area contributed by atoms with Gasteiger partial charge in [0.2, 0.25) is 0 Å². The maximum atomic E-state index is 5.36. The topological polar surface area (TPSA) is 26.0 Å². The minimum Gasteiger partial charge on any atom is -1.00 e. The number of nitrogens with two attached hydrogens (primary N) is 1. The molecule has 0 fully saturated rings. The van der Waals surface area contributed by atoms with Crippen LogP contribution in [-0.2, 0) is 13.0 Å². The smallest absolute Gasteiger partial charge is 0.104 e. The standard InChI is InChI=1S/C25H46N.C8H11N.2ClH/c1-4-5-6-7-8-9-10-11-12-13-14-15-16-20-23-26(2,3)24-25-21-18-17-19-22-25;9-7-6-8-4-2-1-3-5-8;;/h17-19,21-22H,4-16,20,23-24H2,1-3H3;1-5H,6-7,9H2;2*1H/q+1;;;/p-1. The van der Waals surface area contributed by atoms with Crippen molar-refractivity contribution in [2.24, 2.45) is 5.73 Å². The minimum atomic E-state index is 0. The van der Waals surface area contributed by atoms with E-state index in [4.69, 9.17) is 5.73 Å². The average Bonchev–Trinajstić information content (AvgIpc) is 2.86. The van der Waals surface area contributed by atoms with Gasteiger partial charge in [0.15, 0.2) is 0 Å². The monoisotopic (exact) mass is 552 g/mol. The first kappa shape index (κ1) is 38.1. The van der Waals surface area contributed by atoms with Gasteiger partial charge in [-0.3, -0.25) is 0 Å². The number of hydrogen-bond donors (Lipinski definition) is 1. The van der Waals surface area contributed by atoms with Gasteiger partial charge in [0, 0.05) is 5.56 Å². The Morgan fingerprint density at radius 2 is 0.946 bits per heavy atom. The van der Waals surface area contributed by atoms with Gasteiger partial charge in [-0.2, -0.15) is 0 Å². The summed E-state index contributed by atoms with van der Waals surface area (Å²) in [6.07, 6.45) is 21.2. The molecule has 2 rings (SSSR count). The van der Waals surface area contributed by atoms with Gasteiger partial charge in [0.1, 0.15) is 6.54 Å². The quantitative estimate of drug-likeness (QED) is 0.159. The van der Waals surface area contributed by atoms with E-state index in [1.54, 1.807) is 0 Å². The molecular formula is C33H58Cl2N2. The van der Waals surface area contributed by atoms with Crippen LogP contribution in [-0.4, -0.2) is 31.7 Å². The van der Waals surface area contributed by atoms with Crippen molar-refractivity contribution in [3.05, 3.63) is 71.8 Å². The summed E-state index contributed by atoms with van der Waals surface area (Å²) in [5, 5.41) is 0. The summed E-state index contributed by atoms with van der Waals surface area (Å²) in [7, 11) is 4.74. The third-order valence-corrected chi connectivity index (χ3v) is 6.85. The Morgan fingerprint density at radius 3 is 1.35 bits per heavy atom. The lowest BCUT2D eigenvalue weighted by molar-refractivity contribution is -0.903. The Hall–Kier alpha value is -1.06. The maximum absolute atomic E-state index is 5.36. The van der Waals surface area contributed by atoms with Crippen LogP contribution in [0.1, 0.15) is 108 Å². The molecule has 214 valence electrons. The Balaban J connectivity index is 0. The Morgan fingerprint density at radius 1 is 0.568 bits per heavy atom. The normalized spacial score (nSPS) is 10.6. The molecule has 2 aromatic carbocycles. The zero-order valence-corrected chi connectivity index (χ0v) is 25.9. The predicted octanol–water partition coefficient (Wildman–Crippen LogP) is 6.36. The Bertz CT molecular complexity index is 692. The molecule has 0 unspecified atom stereocenters. The molecule has 2 nitrogen and oxygen atoms in total. The van der Waals surface area contributed by atoms with Crippen molar-refractivity contribution in [3.63, 3.8) is 0 Å². The molecule has 0 atom stereocenters. The van der Waals surface area contributed by atoms with Gasteiger partial charge in [-0.25, -0.2) is 0 Å². The number of nitrogens with zero attached hydrogens (tertiary/aromatic N) is 1. The van der Waals surface area contributed by atoms with Crippen LogP contribution in [0.15, 0.2) is 60.7 Å². The lowest BCUT2D eigenvalue weighted by atomic mass is 10.0. The van der Waals surface area contributed by atoms with Crippen LogP contribution in [0, 0.1) is 0 Å². The molecule has 0 radical (unpaired) electrons. The Labute approximate surface area is 243 Å². The van der Waals surface area contributed by atoms with Crippen LogP contribution < -0.4 is 18.1 Å². The fraction of sp³-hybridized carbons (Fsp3) is 0.636. The number of unbranched alkanes of at least 4 members (excludes halogenated alkanes) is 13. The van der Waals surface area contributed by atoms with Crippen LogP contribution in [0.25, 0.3) is 0 Å². The predicted molar refractivity (Wildman–Crippen MR) is 164 cm³/mol. The van der Waals surface area contributed by atoms with E-state index in [0.29, 0.717) is 0 Å². The summed E-state index contributed by atoms with van der Waals surface area (Å²) < 4.78 is 1.11. The molecule has 37 heavy (non-hydrogen) atoms. The Kier molecular flexibility index (Phi) is 27.3. The van der Waals surface area contributed by atoms with Crippen molar-refractivity contribution in [3.8, 4) is 0 Å². The minimum absolute atomic E-state index is 0. The van der Waals surface area contributed by atoms with Gasteiger partial charge >= 0.3 is 0 Å². The van der Waals surface area contributed by atoms with Gasteiger partial charge in [-0.05, 0) is 31.4 Å². The molecule has 0 saturated carbocycles. The van der Waals surface area contributed by atoms with E-state index in [-0.39, 0.29) is 24.8 Å². The second-order valence-corrected chi connectivity index (χ2v) is 10.9. The molecule has 0 saturated heterocycles. The molecule has 0 bridgehead atoms. The third kappa shape index (κ3) is 23.8. The molecule has 0 aliphatic carbocycles. The van der Waals surface area contributed by atoms with Crippen molar-refractivity contribution in [1.82, 2.24) is 0 Å². The number of benzene rings is 2. The van der Waals surface area contributed by atoms with Crippen LogP contribution in [0.2, 0.25) is 0 Å². The highest BCUT2D eigenvalue weighted by atomic mass is 35.5. The summed E-state index contributed by atoms with van der Waals surface area (Å²) in [6, 6.07) is 21.2. The molecule has 2 N–H and O–H groups in total. The van der Waals surface area contributed by atoms with E-state index in [9.17, 15) is 0 Å². The van der Waals surface area contributed by atoms with Gasteiger partial charge in [0.25, 0.3) is 0 Å². The highest BCUT2D eigenvalue weighted by Crippen LogP contribution is 2.15. The van der Waals surface area contributed by atoms with Crippen molar-refractivity contribution in [2.45, 2.75) is 110 Å². The number of rotatable bonds is 19. The lowest BCUT2D eigenvalue weighted by Crippen LogP contribution is -3.00. The van der Waals surface area contributed by atoms with Crippen molar-refractivity contribution in [2.75, 3.05) is 27.2 Å². The van der Waals surface area contributed by atoms with Crippen molar-refractivity contribution >= 4 is 12.4 Å². The van der Waals surface area contributed by atoms with Crippen molar-refractivity contribution in [1.29, 1.82) is 0 Å². The van der Waals surface area contributed by atoms with E-state index in [1.165, 1.54) is 108 Å². The van der Waals surface area contributed by atoms with E-state index >= 15 is 0 Å². The molecule has 0 spiro atoms. The van der Waals surface area contributed by atoms with Crippen LogP contribution in [0.4, 0.5) is 0 Å². The molecule has 2 aromatic rings. The second-order valence-electron chi connectivity index (χ2n) is 10.9. The molecular weight excluding hydrogens is 495 g/mol.